The molecule has 1 atom stereocenters. The quantitative estimate of drug-likeness (QED) is 0.845. The molecular weight excluding hydrogens is 196 g/mol. The summed E-state index contributed by atoms with van der Waals surface area (Å²) in [6.07, 6.45) is 0. The average molecular weight is 218 g/mol. The summed E-state index contributed by atoms with van der Waals surface area (Å²) in [6, 6.07) is 8.62. The van der Waals surface area contributed by atoms with Crippen molar-refractivity contribution in [2.45, 2.75) is 26.8 Å². The molecule has 16 heavy (non-hydrogen) atoms. The van der Waals surface area contributed by atoms with Gasteiger partial charge >= 0.3 is 0 Å². The summed E-state index contributed by atoms with van der Waals surface area (Å²) in [6.45, 7) is 9.03. The van der Waals surface area contributed by atoms with Gasteiger partial charge in [0.1, 0.15) is 0 Å². The Balaban J connectivity index is 2.11. The van der Waals surface area contributed by atoms with Crippen molar-refractivity contribution in [2.24, 2.45) is 17.6 Å². The van der Waals surface area contributed by atoms with E-state index >= 15 is 0 Å². The minimum atomic E-state index is 0.120. The lowest BCUT2D eigenvalue weighted by Gasteiger charge is -2.44. The van der Waals surface area contributed by atoms with Crippen LogP contribution in [0.3, 0.4) is 0 Å². The van der Waals surface area contributed by atoms with Gasteiger partial charge in [-0.15, -0.1) is 0 Å². The van der Waals surface area contributed by atoms with Crippen molar-refractivity contribution in [3.8, 4) is 0 Å². The van der Waals surface area contributed by atoms with Crippen LogP contribution in [0.1, 0.15) is 32.4 Å². The fourth-order valence-electron chi connectivity index (χ4n) is 2.29. The van der Waals surface area contributed by atoms with E-state index in [-0.39, 0.29) is 6.04 Å². The maximum absolute atomic E-state index is 6.00. The number of para-hydroxylation sites is 1. The van der Waals surface area contributed by atoms with E-state index in [1.807, 2.05) is 0 Å². The molecule has 2 nitrogen and oxygen atoms in total. The molecule has 1 saturated heterocycles. The molecule has 1 fully saturated rings. The van der Waals surface area contributed by atoms with Crippen LogP contribution in [0.5, 0.6) is 0 Å². The number of nitrogens with two attached hydrogens (primary N) is 1. The van der Waals surface area contributed by atoms with Gasteiger partial charge in [-0.2, -0.15) is 0 Å². The lowest BCUT2D eigenvalue weighted by molar-refractivity contribution is 0.309. The minimum absolute atomic E-state index is 0.120. The molecule has 1 aliphatic rings. The summed E-state index contributed by atoms with van der Waals surface area (Å²) in [5.41, 5.74) is 8.60. The molecule has 0 radical (unpaired) electrons. The molecule has 0 bridgehead atoms. The molecule has 0 amide bonds. The van der Waals surface area contributed by atoms with Crippen LogP contribution < -0.4 is 10.6 Å². The first-order valence-electron chi connectivity index (χ1n) is 6.19. The summed E-state index contributed by atoms with van der Waals surface area (Å²) in [7, 11) is 0. The number of benzene rings is 1. The Hall–Kier alpha value is -1.02. The van der Waals surface area contributed by atoms with Gasteiger partial charge in [-0.1, -0.05) is 32.0 Å². The third kappa shape index (κ3) is 2.07. The number of hydrogen-bond acceptors (Lipinski definition) is 2. The van der Waals surface area contributed by atoms with Crippen LogP contribution in [-0.2, 0) is 0 Å². The van der Waals surface area contributed by atoms with Gasteiger partial charge in [0.2, 0.25) is 0 Å². The number of rotatable bonds is 3. The van der Waals surface area contributed by atoms with Gasteiger partial charge in [0.15, 0.2) is 0 Å². The lowest BCUT2D eigenvalue weighted by Crippen LogP contribution is -2.49. The molecule has 1 aliphatic heterocycles. The van der Waals surface area contributed by atoms with Crippen molar-refractivity contribution in [1.82, 2.24) is 0 Å². The smallest absolute Gasteiger partial charge is 0.0414 e. The van der Waals surface area contributed by atoms with Crippen molar-refractivity contribution >= 4 is 5.69 Å². The zero-order valence-electron chi connectivity index (χ0n) is 10.5. The van der Waals surface area contributed by atoms with E-state index in [2.05, 4.69) is 49.9 Å². The Labute approximate surface area is 98.4 Å². The van der Waals surface area contributed by atoms with Gasteiger partial charge in [-0.05, 0) is 30.4 Å². The molecule has 1 heterocycles. The molecule has 1 unspecified atom stereocenters. The van der Waals surface area contributed by atoms with E-state index < -0.39 is 0 Å². The zero-order valence-corrected chi connectivity index (χ0v) is 10.5. The molecule has 0 saturated carbocycles. The topological polar surface area (TPSA) is 29.3 Å². The van der Waals surface area contributed by atoms with Crippen LogP contribution in [0.15, 0.2) is 24.3 Å². The van der Waals surface area contributed by atoms with E-state index in [1.165, 1.54) is 24.3 Å². The van der Waals surface area contributed by atoms with Crippen LogP contribution in [0.4, 0.5) is 5.69 Å². The molecule has 1 aromatic rings. The summed E-state index contributed by atoms with van der Waals surface area (Å²) >= 11 is 0. The van der Waals surface area contributed by atoms with Gasteiger partial charge in [0.25, 0.3) is 0 Å². The van der Waals surface area contributed by atoms with E-state index in [9.17, 15) is 0 Å². The van der Waals surface area contributed by atoms with Crippen molar-refractivity contribution in [3.05, 3.63) is 29.8 Å². The maximum Gasteiger partial charge on any atom is 0.0414 e. The Morgan fingerprint density at radius 3 is 2.38 bits per heavy atom. The number of nitrogens with zero attached hydrogens (tertiary/aromatic N) is 1. The highest BCUT2D eigenvalue weighted by molar-refractivity contribution is 5.56. The minimum Gasteiger partial charge on any atom is -0.371 e. The largest absolute Gasteiger partial charge is 0.371 e. The number of hydrogen-bond donors (Lipinski definition) is 1. The van der Waals surface area contributed by atoms with Crippen molar-refractivity contribution < 1.29 is 0 Å². The second-order valence-electron chi connectivity index (χ2n) is 5.26. The summed E-state index contributed by atoms with van der Waals surface area (Å²) in [4.78, 5) is 2.45. The van der Waals surface area contributed by atoms with Gasteiger partial charge < -0.3 is 10.6 Å². The highest BCUT2D eigenvalue weighted by Crippen LogP contribution is 2.33. The first kappa shape index (κ1) is 11.5. The fourth-order valence-corrected chi connectivity index (χ4v) is 2.29. The average Bonchev–Trinajstić information content (AvgIpc) is 2.15. The Kier molecular flexibility index (Phi) is 3.20. The SMILES string of the molecule is CC(N)c1ccccc1N1CC(C(C)C)C1. The second-order valence-corrected chi connectivity index (χ2v) is 5.26. The van der Waals surface area contributed by atoms with Crippen LogP contribution in [-0.4, -0.2) is 13.1 Å². The molecule has 0 aliphatic carbocycles. The number of anilines is 1. The lowest BCUT2D eigenvalue weighted by atomic mass is 9.87. The van der Waals surface area contributed by atoms with Gasteiger partial charge in [0, 0.05) is 24.8 Å². The molecular formula is C14H22N2. The first-order valence-corrected chi connectivity index (χ1v) is 6.19. The van der Waals surface area contributed by atoms with E-state index in [0.717, 1.165) is 11.8 Å². The Morgan fingerprint density at radius 2 is 1.81 bits per heavy atom. The Bertz CT molecular complexity index is 352. The molecule has 1 aromatic carbocycles. The first-order chi connectivity index (χ1) is 7.59. The summed E-state index contributed by atoms with van der Waals surface area (Å²) in [5, 5.41) is 0. The highest BCUT2D eigenvalue weighted by atomic mass is 15.2. The highest BCUT2D eigenvalue weighted by Gasteiger charge is 2.30. The third-order valence-electron chi connectivity index (χ3n) is 3.62. The van der Waals surface area contributed by atoms with Crippen molar-refractivity contribution in [2.75, 3.05) is 18.0 Å². The Morgan fingerprint density at radius 1 is 1.19 bits per heavy atom. The predicted octanol–water partition coefficient (Wildman–Crippen LogP) is 2.80. The molecule has 2 rings (SSSR count). The van der Waals surface area contributed by atoms with Crippen molar-refractivity contribution in [3.63, 3.8) is 0 Å². The molecule has 0 spiro atoms. The molecule has 2 N–H and O–H groups in total. The van der Waals surface area contributed by atoms with Gasteiger partial charge in [-0.3, -0.25) is 0 Å². The standard InChI is InChI=1S/C14H22N2/c1-10(2)12-8-16(9-12)14-7-5-4-6-13(14)11(3)15/h4-7,10-12H,8-9,15H2,1-3H3. The maximum atomic E-state index is 6.00. The monoisotopic (exact) mass is 218 g/mol. The predicted molar refractivity (Wildman–Crippen MR) is 69.6 cm³/mol. The third-order valence-corrected chi connectivity index (χ3v) is 3.62. The van der Waals surface area contributed by atoms with Crippen LogP contribution >= 0.6 is 0 Å². The van der Waals surface area contributed by atoms with E-state index in [0.29, 0.717) is 0 Å². The van der Waals surface area contributed by atoms with Crippen LogP contribution in [0.2, 0.25) is 0 Å². The molecule has 0 aromatic heterocycles. The fraction of sp³-hybridized carbons (Fsp3) is 0.571. The molecule has 2 heteroatoms. The van der Waals surface area contributed by atoms with Gasteiger partial charge in [0.05, 0.1) is 0 Å². The van der Waals surface area contributed by atoms with Gasteiger partial charge in [-0.25, -0.2) is 0 Å². The normalized spacial score (nSPS) is 18.7. The zero-order chi connectivity index (χ0) is 11.7. The van der Waals surface area contributed by atoms with Crippen molar-refractivity contribution in [1.29, 1.82) is 0 Å². The second kappa shape index (κ2) is 4.46. The summed E-state index contributed by atoms with van der Waals surface area (Å²) < 4.78 is 0. The summed E-state index contributed by atoms with van der Waals surface area (Å²) in [5.74, 6) is 1.64. The van der Waals surface area contributed by atoms with Crippen LogP contribution in [0, 0.1) is 11.8 Å². The van der Waals surface area contributed by atoms with E-state index in [1.54, 1.807) is 0 Å². The van der Waals surface area contributed by atoms with E-state index in [4.69, 9.17) is 5.73 Å². The van der Waals surface area contributed by atoms with Crippen LogP contribution in [0.25, 0.3) is 0 Å². The molecule has 88 valence electrons.